The van der Waals surface area contributed by atoms with Crippen LogP contribution in [0.3, 0.4) is 0 Å². The molecular weight excluding hydrogens is 379 g/mol. The first-order valence-electron chi connectivity index (χ1n) is 7.50. The fraction of sp³-hybridized carbons (Fsp3) is 0.105. The molecule has 1 aliphatic heterocycles. The zero-order valence-corrected chi connectivity index (χ0v) is 15.4. The fourth-order valence-corrected chi connectivity index (χ4v) is 4.33. The van der Waals surface area contributed by atoms with E-state index in [1.54, 1.807) is 60.7 Å². The molecule has 0 N–H and O–H groups in total. The summed E-state index contributed by atoms with van der Waals surface area (Å²) in [6.45, 7) is 0. The topological polar surface area (TPSA) is 51.2 Å². The lowest BCUT2D eigenvalue weighted by molar-refractivity contribution is -0.112. The minimum absolute atomic E-state index is 0.250. The quantitative estimate of drug-likeness (QED) is 0.708. The third kappa shape index (κ3) is 4.60. The molecule has 0 atom stereocenters. The van der Waals surface area contributed by atoms with Crippen molar-refractivity contribution >= 4 is 51.0 Å². The molecule has 1 saturated heterocycles. The highest BCUT2D eigenvalue weighted by Crippen LogP contribution is 2.24. The van der Waals surface area contributed by atoms with Gasteiger partial charge in [0.15, 0.2) is 15.6 Å². The van der Waals surface area contributed by atoms with Crippen molar-refractivity contribution in [2.75, 3.05) is 11.5 Å². The number of carbonyl (C=O) groups is 1. The first-order valence-corrected chi connectivity index (χ1v) is 10.1. The Morgan fingerprint density at radius 2 is 1.08 bits per heavy atom. The molecule has 0 radical (unpaired) electrons. The number of sulfone groups is 1. The second-order valence-electron chi connectivity index (χ2n) is 5.80. The van der Waals surface area contributed by atoms with Gasteiger partial charge < -0.3 is 0 Å². The molecule has 0 saturated carbocycles. The molecule has 6 heteroatoms. The van der Waals surface area contributed by atoms with E-state index in [0.29, 0.717) is 10.0 Å². The maximum atomic E-state index is 12.7. The van der Waals surface area contributed by atoms with Crippen LogP contribution in [0.1, 0.15) is 11.1 Å². The van der Waals surface area contributed by atoms with Crippen molar-refractivity contribution in [1.29, 1.82) is 0 Å². The van der Waals surface area contributed by atoms with E-state index in [9.17, 15) is 13.2 Å². The van der Waals surface area contributed by atoms with E-state index in [-0.39, 0.29) is 28.4 Å². The van der Waals surface area contributed by atoms with Crippen molar-refractivity contribution in [2.45, 2.75) is 0 Å². The number of benzene rings is 2. The zero-order chi connectivity index (χ0) is 18.0. The van der Waals surface area contributed by atoms with E-state index in [4.69, 9.17) is 23.2 Å². The maximum absolute atomic E-state index is 12.7. The SMILES string of the molecule is O=C1/C(=C/c2ccc(Cl)cc2)CS(=O)(=O)C/C1=C\c1ccc(Cl)cc1. The molecule has 1 fully saturated rings. The highest BCUT2D eigenvalue weighted by atomic mass is 35.5. The second kappa shape index (κ2) is 7.16. The minimum Gasteiger partial charge on any atom is -0.289 e. The summed E-state index contributed by atoms with van der Waals surface area (Å²) in [6.07, 6.45) is 3.20. The summed E-state index contributed by atoms with van der Waals surface area (Å²) in [4.78, 5) is 12.7. The van der Waals surface area contributed by atoms with Crippen LogP contribution in [0.15, 0.2) is 59.7 Å². The summed E-state index contributed by atoms with van der Waals surface area (Å²) in [6, 6.07) is 13.7. The van der Waals surface area contributed by atoms with Crippen LogP contribution in [0.25, 0.3) is 12.2 Å². The Morgan fingerprint density at radius 1 is 0.720 bits per heavy atom. The summed E-state index contributed by atoms with van der Waals surface area (Å²) in [5.41, 5.74) is 1.98. The Balaban J connectivity index is 1.99. The molecule has 0 aromatic heterocycles. The van der Waals surface area contributed by atoms with Gasteiger partial charge in [-0.2, -0.15) is 0 Å². The molecule has 2 aromatic carbocycles. The van der Waals surface area contributed by atoms with Gasteiger partial charge in [0.2, 0.25) is 0 Å². The van der Waals surface area contributed by atoms with Crippen LogP contribution in [0, 0.1) is 0 Å². The lowest BCUT2D eigenvalue weighted by Gasteiger charge is -2.17. The van der Waals surface area contributed by atoms with Crippen LogP contribution in [0.2, 0.25) is 10.0 Å². The summed E-state index contributed by atoms with van der Waals surface area (Å²) in [5, 5.41) is 1.15. The van der Waals surface area contributed by atoms with Gasteiger partial charge in [-0.3, -0.25) is 4.79 Å². The molecule has 3 nitrogen and oxygen atoms in total. The lowest BCUT2D eigenvalue weighted by atomic mass is 10.0. The summed E-state index contributed by atoms with van der Waals surface area (Å²) < 4.78 is 24.5. The zero-order valence-electron chi connectivity index (χ0n) is 13.1. The third-order valence-electron chi connectivity index (χ3n) is 3.76. The van der Waals surface area contributed by atoms with Gasteiger partial charge in [0.05, 0.1) is 11.5 Å². The average Bonchev–Trinajstić information content (AvgIpc) is 2.55. The van der Waals surface area contributed by atoms with Crippen LogP contribution in [-0.2, 0) is 14.6 Å². The van der Waals surface area contributed by atoms with E-state index >= 15 is 0 Å². The van der Waals surface area contributed by atoms with Crippen LogP contribution >= 0.6 is 23.2 Å². The summed E-state index contributed by atoms with van der Waals surface area (Å²) in [5.74, 6) is -0.765. The van der Waals surface area contributed by atoms with Gasteiger partial charge in [0.1, 0.15) is 0 Å². The number of ketones is 1. The molecule has 0 bridgehead atoms. The van der Waals surface area contributed by atoms with Gasteiger partial charge in [0, 0.05) is 21.2 Å². The van der Waals surface area contributed by atoms with Crippen molar-refractivity contribution < 1.29 is 13.2 Å². The van der Waals surface area contributed by atoms with Crippen molar-refractivity contribution in [1.82, 2.24) is 0 Å². The molecular formula is C19H14Cl2O3S. The van der Waals surface area contributed by atoms with Crippen molar-refractivity contribution in [3.8, 4) is 0 Å². The fourth-order valence-electron chi connectivity index (χ4n) is 2.60. The Hall–Kier alpha value is -1.88. The minimum atomic E-state index is -3.38. The molecule has 0 amide bonds. The summed E-state index contributed by atoms with van der Waals surface area (Å²) >= 11 is 11.7. The molecule has 1 aliphatic rings. The second-order valence-corrected chi connectivity index (χ2v) is 8.74. The van der Waals surface area contributed by atoms with Gasteiger partial charge in [-0.1, -0.05) is 47.5 Å². The molecule has 3 rings (SSSR count). The number of halogens is 2. The Bertz CT molecular complexity index is 897. The lowest BCUT2D eigenvalue weighted by Crippen LogP contribution is -2.28. The van der Waals surface area contributed by atoms with E-state index in [1.807, 2.05) is 0 Å². The van der Waals surface area contributed by atoms with E-state index in [2.05, 4.69) is 0 Å². The van der Waals surface area contributed by atoms with E-state index < -0.39 is 9.84 Å². The number of hydrogen-bond acceptors (Lipinski definition) is 3. The standard InChI is InChI=1S/C19H14Cl2O3S/c20-17-5-1-13(2-6-17)9-15-11-25(23,24)12-16(19(15)22)10-14-3-7-18(21)8-4-14/h1-10H,11-12H2/b15-9+,16-10+. The van der Waals surface area contributed by atoms with Crippen molar-refractivity contribution in [3.05, 3.63) is 80.8 Å². The Morgan fingerprint density at radius 3 is 1.44 bits per heavy atom. The third-order valence-corrected chi connectivity index (χ3v) is 5.76. The maximum Gasteiger partial charge on any atom is 0.187 e. The molecule has 128 valence electrons. The number of hydrogen-bond donors (Lipinski definition) is 0. The summed E-state index contributed by atoms with van der Waals surface area (Å²) in [7, 11) is -3.38. The molecule has 0 aliphatic carbocycles. The first-order chi connectivity index (χ1) is 11.8. The number of rotatable bonds is 2. The Labute approximate surface area is 156 Å². The van der Waals surface area contributed by atoms with Crippen LogP contribution in [-0.4, -0.2) is 25.7 Å². The number of carbonyl (C=O) groups excluding carboxylic acids is 1. The van der Waals surface area contributed by atoms with Crippen molar-refractivity contribution in [3.63, 3.8) is 0 Å². The van der Waals surface area contributed by atoms with Gasteiger partial charge in [0.25, 0.3) is 0 Å². The molecule has 0 unspecified atom stereocenters. The normalized spacial score (nSPS) is 20.2. The average molecular weight is 393 g/mol. The molecule has 0 spiro atoms. The molecule has 1 heterocycles. The first kappa shape index (κ1) is 17.9. The van der Waals surface area contributed by atoms with Crippen LogP contribution in [0.4, 0.5) is 0 Å². The van der Waals surface area contributed by atoms with Crippen molar-refractivity contribution in [2.24, 2.45) is 0 Å². The smallest absolute Gasteiger partial charge is 0.187 e. The van der Waals surface area contributed by atoms with Crippen LogP contribution in [0.5, 0.6) is 0 Å². The van der Waals surface area contributed by atoms with Gasteiger partial charge in [-0.15, -0.1) is 0 Å². The molecule has 2 aromatic rings. The highest BCUT2D eigenvalue weighted by Gasteiger charge is 2.30. The monoisotopic (exact) mass is 392 g/mol. The van der Waals surface area contributed by atoms with Crippen LogP contribution < -0.4 is 0 Å². The Kier molecular flexibility index (Phi) is 5.13. The van der Waals surface area contributed by atoms with E-state index in [1.165, 1.54) is 0 Å². The largest absolute Gasteiger partial charge is 0.289 e. The molecule has 25 heavy (non-hydrogen) atoms. The predicted octanol–water partition coefficient (Wildman–Crippen LogP) is 4.46. The van der Waals surface area contributed by atoms with Gasteiger partial charge in [-0.05, 0) is 47.5 Å². The predicted molar refractivity (Wildman–Crippen MR) is 103 cm³/mol. The van der Waals surface area contributed by atoms with Gasteiger partial charge >= 0.3 is 0 Å². The highest BCUT2D eigenvalue weighted by molar-refractivity contribution is 7.92. The number of Topliss-reactive ketones (excluding diaryl/α,β-unsaturated/α-hetero) is 1. The van der Waals surface area contributed by atoms with Gasteiger partial charge in [-0.25, -0.2) is 8.42 Å². The van der Waals surface area contributed by atoms with E-state index in [0.717, 1.165) is 11.1 Å².